The van der Waals surface area contributed by atoms with Gasteiger partial charge >= 0.3 is 6.18 Å². The van der Waals surface area contributed by atoms with Crippen molar-refractivity contribution in [1.82, 2.24) is 4.57 Å². The predicted octanol–water partition coefficient (Wildman–Crippen LogP) is 7.54. The molecule has 0 bridgehead atoms. The van der Waals surface area contributed by atoms with Gasteiger partial charge in [0.05, 0.1) is 18.2 Å². The number of carbonyl (C=O) groups excluding carboxylic acids is 1. The molecule has 0 aliphatic heterocycles. The first-order valence-electron chi connectivity index (χ1n) is 13.4. The number of amides is 1. The highest BCUT2D eigenvalue weighted by molar-refractivity contribution is 6.07. The van der Waals surface area contributed by atoms with Gasteiger partial charge in [0.1, 0.15) is 35.3 Å². The van der Waals surface area contributed by atoms with Crippen LogP contribution in [0, 0.1) is 11.6 Å². The van der Waals surface area contributed by atoms with Gasteiger partial charge in [0.2, 0.25) is 5.43 Å². The minimum absolute atomic E-state index is 0.000709. The Morgan fingerprint density at radius 2 is 1.59 bits per heavy atom. The van der Waals surface area contributed by atoms with E-state index in [1.807, 2.05) is 30.3 Å². The van der Waals surface area contributed by atoms with Crippen LogP contribution >= 0.6 is 0 Å². The number of alkyl halides is 3. The number of benzene rings is 4. The van der Waals surface area contributed by atoms with E-state index in [4.69, 9.17) is 9.47 Å². The summed E-state index contributed by atoms with van der Waals surface area (Å²) in [7, 11) is 1.21. The second-order valence-electron chi connectivity index (χ2n) is 9.79. The summed E-state index contributed by atoms with van der Waals surface area (Å²) in [4.78, 5) is 28.5. The zero-order valence-corrected chi connectivity index (χ0v) is 23.5. The normalized spacial score (nSPS) is 11.4. The summed E-state index contributed by atoms with van der Waals surface area (Å²) >= 11 is 0. The van der Waals surface area contributed by atoms with Gasteiger partial charge in [-0.05, 0) is 48.9 Å². The van der Waals surface area contributed by atoms with E-state index in [1.165, 1.54) is 35.9 Å². The van der Waals surface area contributed by atoms with Gasteiger partial charge in [-0.15, -0.1) is 0 Å². The largest absolute Gasteiger partial charge is 0.497 e. The third-order valence-corrected chi connectivity index (χ3v) is 6.91. The molecule has 0 unspecified atom stereocenters. The minimum atomic E-state index is -4.73. The van der Waals surface area contributed by atoms with Crippen LogP contribution in [0.25, 0.3) is 16.6 Å². The van der Waals surface area contributed by atoms with Crippen molar-refractivity contribution < 1.29 is 36.2 Å². The molecule has 0 N–H and O–H groups in total. The molecule has 5 aromatic rings. The Hall–Kier alpha value is -5.19. The maximum Gasteiger partial charge on any atom is 0.416 e. The second-order valence-corrected chi connectivity index (χ2v) is 9.79. The fraction of sp³-hybridized carbons (Fsp3) is 0.152. The molecule has 0 radical (unpaired) electrons. The Bertz CT molecular complexity index is 1890. The lowest BCUT2D eigenvalue weighted by atomic mass is 10.1. The molecule has 0 aliphatic carbocycles. The van der Waals surface area contributed by atoms with Gasteiger partial charge in [0.15, 0.2) is 0 Å². The molecule has 1 amide bonds. The number of ether oxygens (including phenoxy) is 2. The van der Waals surface area contributed by atoms with E-state index >= 15 is 0 Å². The van der Waals surface area contributed by atoms with Crippen LogP contribution in [0.3, 0.4) is 0 Å². The van der Waals surface area contributed by atoms with Crippen LogP contribution in [0.1, 0.15) is 28.4 Å². The number of rotatable bonds is 8. The Morgan fingerprint density at radius 1 is 0.886 bits per heavy atom. The van der Waals surface area contributed by atoms with Crippen molar-refractivity contribution in [1.29, 1.82) is 0 Å². The van der Waals surface area contributed by atoms with Gasteiger partial charge in [-0.1, -0.05) is 30.3 Å². The third-order valence-electron chi connectivity index (χ3n) is 6.91. The van der Waals surface area contributed by atoms with Crippen LogP contribution < -0.4 is 19.8 Å². The number of halogens is 5. The van der Waals surface area contributed by atoms with Crippen LogP contribution in [0.5, 0.6) is 11.5 Å². The zero-order chi connectivity index (χ0) is 31.6. The zero-order valence-electron chi connectivity index (χ0n) is 23.5. The van der Waals surface area contributed by atoms with Crippen LogP contribution in [0.15, 0.2) is 95.9 Å². The molecule has 5 rings (SSSR count). The van der Waals surface area contributed by atoms with Crippen LogP contribution in [0.2, 0.25) is 0 Å². The van der Waals surface area contributed by atoms with Crippen LogP contribution in [0.4, 0.5) is 27.6 Å². The number of hydrogen-bond acceptors (Lipinski definition) is 4. The number of aromatic nitrogens is 1. The quantitative estimate of drug-likeness (QED) is 0.171. The average Bonchev–Trinajstić information content (AvgIpc) is 3.00. The fourth-order valence-electron chi connectivity index (χ4n) is 4.79. The molecule has 44 heavy (non-hydrogen) atoms. The molecule has 6 nitrogen and oxygen atoms in total. The molecule has 0 fully saturated rings. The third kappa shape index (κ3) is 6.26. The number of fused-ring (bicyclic) bond motifs is 1. The number of carbonyl (C=O) groups is 1. The molecule has 0 saturated heterocycles. The van der Waals surface area contributed by atoms with Gasteiger partial charge in [-0.2, -0.15) is 13.2 Å². The SMILES string of the molecule is CCN(C(=O)c1cn(-c2cc(OC)cc(C(F)(F)F)c2)c2cc(OCc3ccccc3)ccc2c1=O)c1cc(F)cc(F)c1. The Labute approximate surface area is 248 Å². The highest BCUT2D eigenvalue weighted by Crippen LogP contribution is 2.35. The minimum Gasteiger partial charge on any atom is -0.497 e. The molecule has 0 aliphatic rings. The summed E-state index contributed by atoms with van der Waals surface area (Å²) in [5.41, 5.74) is -1.36. The lowest BCUT2D eigenvalue weighted by molar-refractivity contribution is -0.137. The average molecular weight is 609 g/mol. The number of nitrogens with zero attached hydrogens (tertiary/aromatic N) is 2. The van der Waals surface area contributed by atoms with Crippen molar-refractivity contribution in [2.75, 3.05) is 18.6 Å². The summed E-state index contributed by atoms with van der Waals surface area (Å²) < 4.78 is 81.9. The standard InChI is InChI=1S/C33H25F5N2O4/c1-3-39(25-14-22(34)13-23(35)15-25)32(42)29-18-40(24-11-21(33(36,37)38)12-27(16-24)43-2)30-17-26(9-10-28(30)31(29)41)44-19-20-7-5-4-6-8-20/h4-18H,3,19H2,1-2H3. The first-order chi connectivity index (χ1) is 21.0. The molecule has 1 heterocycles. The molecule has 4 aromatic carbocycles. The van der Waals surface area contributed by atoms with Crippen molar-refractivity contribution in [3.05, 3.63) is 130 Å². The van der Waals surface area contributed by atoms with E-state index in [2.05, 4.69) is 0 Å². The molecule has 0 saturated carbocycles. The van der Waals surface area contributed by atoms with Gasteiger partial charge in [0.25, 0.3) is 5.91 Å². The first kappa shape index (κ1) is 30.3. The molecule has 0 spiro atoms. The summed E-state index contributed by atoms with van der Waals surface area (Å²) in [6.07, 6.45) is -3.62. The first-order valence-corrected chi connectivity index (χ1v) is 13.4. The topological polar surface area (TPSA) is 60.8 Å². The number of hydrogen-bond donors (Lipinski definition) is 0. The summed E-state index contributed by atoms with van der Waals surface area (Å²) in [6, 6.07) is 19.2. The smallest absolute Gasteiger partial charge is 0.416 e. The van der Waals surface area contributed by atoms with Crippen molar-refractivity contribution in [2.45, 2.75) is 19.7 Å². The van der Waals surface area contributed by atoms with Crippen molar-refractivity contribution in [2.24, 2.45) is 0 Å². The van der Waals surface area contributed by atoms with Crippen molar-refractivity contribution in [3.8, 4) is 17.2 Å². The van der Waals surface area contributed by atoms with Crippen molar-refractivity contribution in [3.63, 3.8) is 0 Å². The molecule has 226 valence electrons. The van der Waals surface area contributed by atoms with E-state index in [-0.39, 0.29) is 41.2 Å². The Balaban J connectivity index is 1.71. The van der Waals surface area contributed by atoms with Crippen molar-refractivity contribution >= 4 is 22.5 Å². The predicted molar refractivity (Wildman–Crippen MR) is 156 cm³/mol. The number of pyridine rings is 1. The molecular weight excluding hydrogens is 583 g/mol. The van der Waals surface area contributed by atoms with E-state index in [1.54, 1.807) is 6.92 Å². The van der Waals surface area contributed by atoms with E-state index < -0.39 is 40.3 Å². The monoisotopic (exact) mass is 608 g/mol. The van der Waals surface area contributed by atoms with Crippen LogP contribution in [-0.4, -0.2) is 24.1 Å². The summed E-state index contributed by atoms with van der Waals surface area (Å²) in [6.45, 7) is 1.66. The second kappa shape index (κ2) is 12.2. The molecule has 11 heteroatoms. The van der Waals surface area contributed by atoms with Gasteiger partial charge in [-0.3, -0.25) is 9.59 Å². The van der Waals surface area contributed by atoms with Gasteiger partial charge < -0.3 is 18.9 Å². The maximum atomic E-state index is 14.0. The maximum absolute atomic E-state index is 14.0. The van der Waals surface area contributed by atoms with Crippen LogP contribution in [-0.2, 0) is 12.8 Å². The highest BCUT2D eigenvalue weighted by Gasteiger charge is 2.32. The van der Waals surface area contributed by atoms with Gasteiger partial charge in [-0.25, -0.2) is 8.78 Å². The van der Waals surface area contributed by atoms with Gasteiger partial charge in [0, 0.05) is 47.7 Å². The molecule has 1 aromatic heterocycles. The lowest BCUT2D eigenvalue weighted by Gasteiger charge is -2.23. The highest BCUT2D eigenvalue weighted by atomic mass is 19.4. The number of anilines is 1. The summed E-state index contributed by atoms with van der Waals surface area (Å²) in [5, 5.41) is 0.000709. The number of methoxy groups -OCH3 is 1. The van der Waals surface area contributed by atoms with E-state index in [0.717, 1.165) is 40.9 Å². The molecule has 0 atom stereocenters. The molecular formula is C33H25F5N2O4. The van der Waals surface area contributed by atoms with E-state index in [0.29, 0.717) is 11.8 Å². The van der Waals surface area contributed by atoms with E-state index in [9.17, 15) is 31.5 Å². The Morgan fingerprint density at radius 3 is 2.23 bits per heavy atom. The summed E-state index contributed by atoms with van der Waals surface area (Å²) in [5.74, 6) is -2.56. The Kier molecular flexibility index (Phi) is 8.39. The fourth-order valence-corrected chi connectivity index (χ4v) is 4.79. The lowest BCUT2D eigenvalue weighted by Crippen LogP contribution is -2.35.